The van der Waals surface area contributed by atoms with Gasteiger partial charge in [-0.25, -0.2) is 0 Å². The lowest BCUT2D eigenvalue weighted by Crippen LogP contribution is -1.84. The molecule has 0 N–H and O–H groups in total. The largest absolute Gasteiger partial charge is 0.250 e. The van der Waals surface area contributed by atoms with Gasteiger partial charge < -0.3 is 0 Å². The van der Waals surface area contributed by atoms with E-state index in [0.29, 0.717) is 0 Å². The zero-order valence-electron chi connectivity index (χ0n) is 7.81. The third kappa shape index (κ3) is 2.15. The summed E-state index contributed by atoms with van der Waals surface area (Å²) in [5.74, 6) is 0. The molecule has 1 aliphatic rings. The van der Waals surface area contributed by atoms with Gasteiger partial charge in [-0.15, -0.1) is 0 Å². The third-order valence-electron chi connectivity index (χ3n) is 1.98. The van der Waals surface area contributed by atoms with Gasteiger partial charge in [0.2, 0.25) is 0 Å². The Morgan fingerprint density at radius 2 is 2.14 bits per heavy atom. The highest BCUT2D eigenvalue weighted by Gasteiger charge is 2.03. The van der Waals surface area contributed by atoms with Crippen LogP contribution in [0.25, 0.3) is 0 Å². The van der Waals surface area contributed by atoms with Crippen molar-refractivity contribution in [2.45, 2.75) is 11.3 Å². The number of benzene rings is 1. The fraction of sp³-hybridized carbons (Fsp3) is 0.0833. The smallest absolute Gasteiger partial charge is 0.0935 e. The highest BCUT2D eigenvalue weighted by atomic mass is 32.2. The molecule has 1 nitrogen and oxygen atoms in total. The fourth-order valence-corrected chi connectivity index (χ4v) is 2.10. The molecule has 0 fully saturated rings. The van der Waals surface area contributed by atoms with Crippen molar-refractivity contribution in [2.75, 3.05) is 0 Å². The van der Waals surface area contributed by atoms with Gasteiger partial charge in [-0.1, -0.05) is 42.6 Å². The van der Waals surface area contributed by atoms with Crippen molar-refractivity contribution in [3.05, 3.63) is 53.6 Å². The first kappa shape index (κ1) is 9.28. The Morgan fingerprint density at radius 1 is 1.29 bits per heavy atom. The van der Waals surface area contributed by atoms with Crippen molar-refractivity contribution in [2.24, 2.45) is 4.99 Å². The zero-order chi connectivity index (χ0) is 9.80. The van der Waals surface area contributed by atoms with Crippen LogP contribution in [0.4, 0.5) is 0 Å². The minimum Gasteiger partial charge on any atom is -0.250 e. The van der Waals surface area contributed by atoms with Gasteiger partial charge in [-0.2, -0.15) is 0 Å². The van der Waals surface area contributed by atoms with Gasteiger partial charge in [-0.3, -0.25) is 4.99 Å². The predicted molar refractivity (Wildman–Crippen MR) is 62.8 cm³/mol. The average Bonchev–Trinajstić information content (AvgIpc) is 2.27. The van der Waals surface area contributed by atoms with E-state index in [2.05, 4.69) is 35.8 Å². The van der Waals surface area contributed by atoms with Crippen LogP contribution in [0.1, 0.15) is 5.56 Å². The molecule has 2 heteroatoms. The first-order valence-corrected chi connectivity index (χ1v) is 5.32. The quantitative estimate of drug-likeness (QED) is 0.626. The van der Waals surface area contributed by atoms with E-state index in [1.54, 1.807) is 18.0 Å². The molecule has 70 valence electrons. The van der Waals surface area contributed by atoms with Gasteiger partial charge in [0, 0.05) is 11.1 Å². The summed E-state index contributed by atoms with van der Waals surface area (Å²) in [4.78, 5) is 5.45. The Labute approximate surface area is 88.3 Å². The summed E-state index contributed by atoms with van der Waals surface area (Å²) in [6, 6.07) is 8.37. The Balaban J connectivity index is 2.39. The number of hydrogen-bond acceptors (Lipinski definition) is 2. The second-order valence-corrected chi connectivity index (χ2v) is 4.13. The predicted octanol–water partition coefficient (Wildman–Crippen LogP) is 3.43. The van der Waals surface area contributed by atoms with Crippen LogP contribution in [0, 0.1) is 0 Å². The lowest BCUT2D eigenvalue weighted by molar-refractivity contribution is 1.18. The molecule has 0 spiro atoms. The Kier molecular flexibility index (Phi) is 2.84. The van der Waals surface area contributed by atoms with Crippen molar-refractivity contribution < 1.29 is 0 Å². The van der Waals surface area contributed by atoms with Crippen LogP contribution >= 0.6 is 11.8 Å². The summed E-state index contributed by atoms with van der Waals surface area (Å²) in [5.41, 5.74) is 1.33. The van der Waals surface area contributed by atoms with Crippen molar-refractivity contribution >= 4 is 18.0 Å². The molecule has 0 radical (unpaired) electrons. The maximum Gasteiger partial charge on any atom is 0.0935 e. The van der Waals surface area contributed by atoms with E-state index in [1.807, 2.05) is 12.1 Å². The molecule has 1 aromatic rings. The van der Waals surface area contributed by atoms with E-state index in [-0.39, 0.29) is 0 Å². The number of nitrogens with zero attached hydrogens (tertiary/aromatic N) is 1. The molecule has 0 aliphatic carbocycles. The van der Waals surface area contributed by atoms with Gasteiger partial charge in [0.15, 0.2) is 0 Å². The molecule has 2 rings (SSSR count). The zero-order valence-corrected chi connectivity index (χ0v) is 8.63. The molecule has 0 bridgehead atoms. The number of fused-ring (bicyclic) bond motifs is 1. The molecule has 0 unspecified atom stereocenters. The average molecular weight is 201 g/mol. The van der Waals surface area contributed by atoms with Gasteiger partial charge >= 0.3 is 0 Å². The minimum absolute atomic E-state index is 0.837. The molecule has 0 saturated heterocycles. The van der Waals surface area contributed by atoms with Crippen LogP contribution in [0.5, 0.6) is 0 Å². The topological polar surface area (TPSA) is 12.4 Å². The first-order valence-electron chi connectivity index (χ1n) is 4.50. The molecular weight excluding hydrogens is 190 g/mol. The Hall–Kier alpha value is -1.28. The van der Waals surface area contributed by atoms with Gasteiger partial charge in [0.05, 0.1) is 5.03 Å². The molecule has 0 aromatic heterocycles. The van der Waals surface area contributed by atoms with Crippen LogP contribution in [0.2, 0.25) is 0 Å². The number of aliphatic imine (C=N–C) groups is 1. The minimum atomic E-state index is 0.837. The molecule has 1 heterocycles. The molecule has 0 atom stereocenters. The highest BCUT2D eigenvalue weighted by molar-refractivity contribution is 8.03. The van der Waals surface area contributed by atoms with Gasteiger partial charge in [0.25, 0.3) is 0 Å². The normalized spacial score (nSPS) is 17.9. The summed E-state index contributed by atoms with van der Waals surface area (Å²) in [7, 11) is 0. The van der Waals surface area contributed by atoms with Gasteiger partial charge in [-0.05, 0) is 24.1 Å². The highest BCUT2D eigenvalue weighted by Crippen LogP contribution is 2.29. The lowest BCUT2D eigenvalue weighted by Gasteiger charge is -2.05. The number of allylic oxidation sites excluding steroid dienone is 2. The monoisotopic (exact) mass is 201 g/mol. The van der Waals surface area contributed by atoms with E-state index >= 15 is 0 Å². The number of hydrogen-bond donors (Lipinski definition) is 0. The van der Waals surface area contributed by atoms with Crippen LogP contribution in [-0.4, -0.2) is 6.21 Å². The van der Waals surface area contributed by atoms with Crippen molar-refractivity contribution in [1.82, 2.24) is 0 Å². The van der Waals surface area contributed by atoms with Crippen molar-refractivity contribution in [3.8, 4) is 0 Å². The third-order valence-corrected chi connectivity index (χ3v) is 2.94. The van der Waals surface area contributed by atoms with Crippen LogP contribution in [-0.2, 0) is 6.42 Å². The molecule has 0 saturated carbocycles. The van der Waals surface area contributed by atoms with E-state index < -0.39 is 0 Å². The maximum atomic E-state index is 4.20. The van der Waals surface area contributed by atoms with Crippen LogP contribution in [0.3, 0.4) is 0 Å². The van der Waals surface area contributed by atoms with Crippen LogP contribution < -0.4 is 0 Å². The van der Waals surface area contributed by atoms with Crippen molar-refractivity contribution in [3.63, 3.8) is 0 Å². The van der Waals surface area contributed by atoms with E-state index in [0.717, 1.165) is 11.4 Å². The Morgan fingerprint density at radius 3 is 3.07 bits per heavy atom. The van der Waals surface area contributed by atoms with E-state index in [4.69, 9.17) is 0 Å². The standard InChI is InChI=1S/C12H11NS/c1-10-13-9-5-4-7-11-6-2-3-8-12(11)14-10/h2-6,8-9H,1,7H2/b5-4-,13-9?. The lowest BCUT2D eigenvalue weighted by atomic mass is 10.1. The van der Waals surface area contributed by atoms with Crippen molar-refractivity contribution in [1.29, 1.82) is 0 Å². The summed E-state index contributed by atoms with van der Waals surface area (Å²) in [6.07, 6.45) is 6.83. The van der Waals surface area contributed by atoms with Gasteiger partial charge in [0.1, 0.15) is 0 Å². The maximum absolute atomic E-state index is 4.20. The van der Waals surface area contributed by atoms with E-state index in [9.17, 15) is 0 Å². The second-order valence-electron chi connectivity index (χ2n) is 3.01. The SMILES string of the molecule is C=C1N=C/C=C\Cc2ccccc2S1. The summed E-state index contributed by atoms with van der Waals surface area (Å²) in [6.45, 7) is 3.89. The fourth-order valence-electron chi connectivity index (χ4n) is 1.31. The molecular formula is C12H11NS. The molecule has 0 amide bonds. The summed E-state index contributed by atoms with van der Waals surface area (Å²) >= 11 is 1.63. The molecule has 14 heavy (non-hydrogen) atoms. The first-order chi connectivity index (χ1) is 6.86. The molecule has 1 aromatic carbocycles. The number of rotatable bonds is 0. The number of thioether (sulfide) groups is 1. The summed E-state index contributed by atoms with van der Waals surface area (Å²) < 4.78 is 0. The Bertz CT molecular complexity index is 405. The summed E-state index contributed by atoms with van der Waals surface area (Å²) in [5, 5.41) is 0.837. The van der Waals surface area contributed by atoms with E-state index in [1.165, 1.54) is 10.5 Å². The molecule has 1 aliphatic heterocycles. The second kappa shape index (κ2) is 4.29. The van der Waals surface area contributed by atoms with Crippen LogP contribution in [0.15, 0.2) is 57.9 Å².